The smallest absolute Gasteiger partial charge is 0.407 e. The van der Waals surface area contributed by atoms with Crippen molar-refractivity contribution in [3.63, 3.8) is 0 Å². The van der Waals surface area contributed by atoms with Gasteiger partial charge in [0, 0.05) is 5.92 Å². The number of nitrogens with one attached hydrogen (secondary N) is 2. The molecule has 3 aromatic rings. The van der Waals surface area contributed by atoms with Crippen LogP contribution in [0.5, 0.6) is 0 Å². The highest BCUT2D eigenvalue weighted by Crippen LogP contribution is 2.44. The van der Waals surface area contributed by atoms with Crippen molar-refractivity contribution in [1.82, 2.24) is 10.6 Å². The predicted octanol–water partition coefficient (Wildman–Crippen LogP) is 3.91. The lowest BCUT2D eigenvalue weighted by atomic mass is 9.98. The second kappa shape index (κ2) is 9.60. The fraction of sp³-hybridized carbons (Fsp3) is 0.240. The molecular formula is C25H24N2O6. The SMILES string of the molecule is CCC(NC(=O)OCC1c2ccccc2-c2ccccc21)C(=O)NCc1ccc(C(=O)O)o1. The fourth-order valence-corrected chi connectivity index (χ4v) is 4.02. The monoisotopic (exact) mass is 448 g/mol. The molecule has 1 heterocycles. The van der Waals surface area contributed by atoms with Crippen LogP contribution in [0.1, 0.15) is 46.7 Å². The number of rotatable bonds is 8. The van der Waals surface area contributed by atoms with Crippen LogP contribution in [0.15, 0.2) is 65.1 Å². The maximum atomic E-state index is 12.5. The number of furan rings is 1. The highest BCUT2D eigenvalue weighted by Gasteiger charge is 2.29. The van der Waals surface area contributed by atoms with Gasteiger partial charge in [-0.25, -0.2) is 9.59 Å². The normalized spacial score (nSPS) is 13.0. The van der Waals surface area contributed by atoms with Crippen LogP contribution in [0.25, 0.3) is 11.1 Å². The molecule has 4 rings (SSSR count). The second-order valence-corrected chi connectivity index (χ2v) is 7.72. The lowest BCUT2D eigenvalue weighted by molar-refractivity contribution is -0.123. The van der Waals surface area contributed by atoms with Gasteiger partial charge in [-0.05, 0) is 40.8 Å². The van der Waals surface area contributed by atoms with E-state index in [1.165, 1.54) is 12.1 Å². The van der Waals surface area contributed by atoms with Crippen LogP contribution in [0, 0.1) is 0 Å². The lowest BCUT2D eigenvalue weighted by Gasteiger charge is -2.18. The third-order valence-electron chi connectivity index (χ3n) is 5.67. The first-order valence-electron chi connectivity index (χ1n) is 10.7. The number of ether oxygens (including phenoxy) is 1. The Hall–Kier alpha value is -4.07. The van der Waals surface area contributed by atoms with E-state index in [0.29, 0.717) is 12.2 Å². The molecule has 0 radical (unpaired) electrons. The first-order chi connectivity index (χ1) is 16.0. The van der Waals surface area contributed by atoms with E-state index in [1.807, 2.05) is 36.4 Å². The third kappa shape index (κ3) is 4.74. The topological polar surface area (TPSA) is 118 Å². The molecular weight excluding hydrogens is 424 g/mol. The summed E-state index contributed by atoms with van der Waals surface area (Å²) in [7, 11) is 0. The van der Waals surface area contributed by atoms with E-state index in [0.717, 1.165) is 22.3 Å². The molecule has 0 bridgehead atoms. The molecule has 1 aliphatic rings. The Balaban J connectivity index is 1.33. The Kier molecular flexibility index (Phi) is 6.44. The number of carbonyl (C=O) groups is 3. The molecule has 8 nitrogen and oxygen atoms in total. The van der Waals surface area contributed by atoms with Gasteiger partial charge in [0.25, 0.3) is 0 Å². The summed E-state index contributed by atoms with van der Waals surface area (Å²) in [6.07, 6.45) is -0.320. The minimum atomic E-state index is -1.18. The van der Waals surface area contributed by atoms with Crippen LogP contribution in [0.3, 0.4) is 0 Å². The van der Waals surface area contributed by atoms with Gasteiger partial charge in [0.05, 0.1) is 6.54 Å². The van der Waals surface area contributed by atoms with Crippen LogP contribution in [-0.2, 0) is 16.1 Å². The molecule has 1 aliphatic carbocycles. The third-order valence-corrected chi connectivity index (χ3v) is 5.67. The number of hydrogen-bond donors (Lipinski definition) is 3. The number of carboxylic acid groups (broad SMARTS) is 1. The van der Waals surface area contributed by atoms with Gasteiger partial charge in [-0.2, -0.15) is 0 Å². The quantitative estimate of drug-likeness (QED) is 0.481. The van der Waals surface area contributed by atoms with Gasteiger partial charge in [-0.15, -0.1) is 0 Å². The number of aromatic carboxylic acids is 1. The lowest BCUT2D eigenvalue weighted by Crippen LogP contribution is -2.46. The molecule has 33 heavy (non-hydrogen) atoms. The van der Waals surface area contributed by atoms with Gasteiger partial charge in [0.2, 0.25) is 11.7 Å². The zero-order valence-corrected chi connectivity index (χ0v) is 18.0. The minimum Gasteiger partial charge on any atom is -0.475 e. The second-order valence-electron chi connectivity index (χ2n) is 7.72. The standard InChI is InChI=1S/C25H24N2O6/c1-2-21(23(28)26-13-15-11-12-22(33-15)24(29)30)27-25(31)32-14-20-18-9-5-3-7-16(18)17-8-4-6-10-19(17)20/h3-12,20-21H,2,13-14H2,1H3,(H,26,28)(H,27,31)(H,29,30). The first kappa shape index (κ1) is 22.1. The molecule has 3 N–H and O–H groups in total. The van der Waals surface area contributed by atoms with Crippen molar-refractivity contribution in [3.05, 3.63) is 83.3 Å². The largest absolute Gasteiger partial charge is 0.475 e. The van der Waals surface area contributed by atoms with Crippen LogP contribution >= 0.6 is 0 Å². The highest BCUT2D eigenvalue weighted by atomic mass is 16.5. The van der Waals surface area contributed by atoms with E-state index in [4.69, 9.17) is 14.3 Å². The molecule has 0 spiro atoms. The zero-order valence-electron chi connectivity index (χ0n) is 18.0. The first-order valence-corrected chi connectivity index (χ1v) is 10.7. The van der Waals surface area contributed by atoms with E-state index >= 15 is 0 Å². The van der Waals surface area contributed by atoms with Gasteiger partial charge in [0.15, 0.2) is 0 Å². The van der Waals surface area contributed by atoms with Crippen molar-refractivity contribution >= 4 is 18.0 Å². The van der Waals surface area contributed by atoms with Crippen LogP contribution in [-0.4, -0.2) is 35.7 Å². The molecule has 170 valence electrons. The zero-order chi connectivity index (χ0) is 23.4. The summed E-state index contributed by atoms with van der Waals surface area (Å²) in [5.41, 5.74) is 4.49. The van der Waals surface area contributed by atoms with E-state index in [2.05, 4.69) is 22.8 Å². The van der Waals surface area contributed by atoms with Gasteiger partial charge >= 0.3 is 12.1 Å². The number of carbonyl (C=O) groups excluding carboxylic acids is 2. The van der Waals surface area contributed by atoms with Crippen molar-refractivity contribution < 1.29 is 28.6 Å². The van der Waals surface area contributed by atoms with Gasteiger partial charge in [-0.1, -0.05) is 55.5 Å². The van der Waals surface area contributed by atoms with E-state index < -0.39 is 24.0 Å². The average Bonchev–Trinajstić information content (AvgIpc) is 3.43. The van der Waals surface area contributed by atoms with E-state index in [9.17, 15) is 14.4 Å². The Morgan fingerprint density at radius 2 is 1.64 bits per heavy atom. The molecule has 2 aromatic carbocycles. The maximum Gasteiger partial charge on any atom is 0.407 e. The van der Waals surface area contributed by atoms with Crippen molar-refractivity contribution in [3.8, 4) is 11.1 Å². The van der Waals surface area contributed by atoms with E-state index in [1.54, 1.807) is 6.92 Å². The minimum absolute atomic E-state index is 0.00891. The molecule has 0 aliphatic heterocycles. The summed E-state index contributed by atoms with van der Waals surface area (Å²) in [5, 5.41) is 14.1. The fourth-order valence-electron chi connectivity index (χ4n) is 4.02. The predicted molar refractivity (Wildman–Crippen MR) is 120 cm³/mol. The van der Waals surface area contributed by atoms with E-state index in [-0.39, 0.29) is 24.8 Å². The van der Waals surface area contributed by atoms with Gasteiger partial charge in [0.1, 0.15) is 18.4 Å². The summed E-state index contributed by atoms with van der Waals surface area (Å²) < 4.78 is 10.6. The summed E-state index contributed by atoms with van der Waals surface area (Å²) in [6, 6.07) is 18.1. The molecule has 1 atom stereocenters. The Bertz CT molecular complexity index is 1140. The molecule has 0 saturated heterocycles. The molecule has 0 fully saturated rings. The van der Waals surface area contributed by atoms with Gasteiger partial charge in [-0.3, -0.25) is 4.79 Å². The summed E-state index contributed by atoms with van der Waals surface area (Å²) in [6.45, 7) is 1.93. The molecule has 1 aromatic heterocycles. The summed E-state index contributed by atoms with van der Waals surface area (Å²) in [5.74, 6) is -1.57. The highest BCUT2D eigenvalue weighted by molar-refractivity contribution is 5.86. The van der Waals surface area contributed by atoms with Gasteiger partial charge < -0.3 is 24.9 Å². The van der Waals surface area contributed by atoms with Crippen molar-refractivity contribution in [1.29, 1.82) is 0 Å². The molecule has 1 unspecified atom stereocenters. The Morgan fingerprint density at radius 3 is 2.21 bits per heavy atom. The van der Waals surface area contributed by atoms with Crippen molar-refractivity contribution in [2.75, 3.05) is 6.61 Å². The number of fused-ring (bicyclic) bond motifs is 3. The van der Waals surface area contributed by atoms with Crippen LogP contribution in [0.2, 0.25) is 0 Å². The van der Waals surface area contributed by atoms with Crippen LogP contribution < -0.4 is 10.6 Å². The number of hydrogen-bond acceptors (Lipinski definition) is 5. The number of benzene rings is 2. The molecule has 0 saturated carbocycles. The van der Waals surface area contributed by atoms with Crippen molar-refractivity contribution in [2.45, 2.75) is 31.8 Å². The average molecular weight is 448 g/mol. The number of alkyl carbamates (subject to hydrolysis) is 1. The van der Waals surface area contributed by atoms with Crippen molar-refractivity contribution in [2.24, 2.45) is 0 Å². The van der Waals surface area contributed by atoms with Crippen LogP contribution in [0.4, 0.5) is 4.79 Å². The summed E-state index contributed by atoms with van der Waals surface area (Å²) in [4.78, 5) is 35.8. The Labute approximate surface area is 190 Å². The number of amides is 2. The Morgan fingerprint density at radius 1 is 1.00 bits per heavy atom. The molecule has 2 amide bonds. The maximum absolute atomic E-state index is 12.5. The molecule has 8 heteroatoms. The summed E-state index contributed by atoms with van der Waals surface area (Å²) >= 11 is 0. The number of carboxylic acids is 1.